The van der Waals surface area contributed by atoms with Gasteiger partial charge in [0.25, 0.3) is 5.91 Å². The summed E-state index contributed by atoms with van der Waals surface area (Å²) in [5, 5.41) is 18.0. The normalized spacial score (nSPS) is 11.8. The van der Waals surface area contributed by atoms with Crippen molar-refractivity contribution in [1.82, 2.24) is 15.6 Å². The molecule has 1 aromatic heterocycles. The van der Waals surface area contributed by atoms with Crippen LogP contribution in [0.15, 0.2) is 35.0 Å². The first-order valence-electron chi connectivity index (χ1n) is 5.26. The molecule has 0 spiro atoms. The molecular weight excluding hydrogens is 252 g/mol. The molecule has 0 bridgehead atoms. The van der Waals surface area contributed by atoms with Gasteiger partial charge in [0.05, 0.1) is 0 Å². The molecule has 1 aromatic carbocycles. The largest absolute Gasteiger partial charge is 0.479 e. The van der Waals surface area contributed by atoms with Crippen LogP contribution in [0.5, 0.6) is 0 Å². The van der Waals surface area contributed by atoms with Gasteiger partial charge in [0.1, 0.15) is 0 Å². The number of anilines is 1. The second-order valence-electron chi connectivity index (χ2n) is 3.65. The number of amides is 1. The van der Waals surface area contributed by atoms with Crippen molar-refractivity contribution >= 4 is 17.7 Å². The van der Waals surface area contributed by atoms with E-state index < -0.39 is 17.9 Å². The highest BCUT2D eigenvalue weighted by Gasteiger charge is 2.25. The Kier molecular flexibility index (Phi) is 3.42. The Labute approximate surface area is 107 Å². The van der Waals surface area contributed by atoms with Gasteiger partial charge < -0.3 is 16.2 Å². The highest BCUT2D eigenvalue weighted by atomic mass is 16.6. The zero-order valence-corrected chi connectivity index (χ0v) is 9.61. The van der Waals surface area contributed by atoms with Crippen molar-refractivity contribution in [3.8, 4) is 0 Å². The number of nitrogen functional groups attached to an aromatic ring is 1. The van der Waals surface area contributed by atoms with Crippen LogP contribution in [0.2, 0.25) is 0 Å². The molecule has 98 valence electrons. The van der Waals surface area contributed by atoms with E-state index in [1.165, 1.54) is 0 Å². The quantitative estimate of drug-likeness (QED) is 0.717. The fourth-order valence-electron chi connectivity index (χ4n) is 1.49. The van der Waals surface area contributed by atoms with Crippen molar-refractivity contribution in [1.29, 1.82) is 0 Å². The van der Waals surface area contributed by atoms with Crippen LogP contribution in [0, 0.1) is 0 Å². The van der Waals surface area contributed by atoms with E-state index in [0.717, 1.165) is 0 Å². The second-order valence-corrected chi connectivity index (χ2v) is 3.65. The molecule has 0 saturated carbocycles. The first-order chi connectivity index (χ1) is 9.09. The van der Waals surface area contributed by atoms with Gasteiger partial charge in [0, 0.05) is 0 Å². The van der Waals surface area contributed by atoms with Crippen molar-refractivity contribution in [3.63, 3.8) is 0 Å². The Morgan fingerprint density at radius 1 is 1.26 bits per heavy atom. The summed E-state index contributed by atoms with van der Waals surface area (Å²) in [5.41, 5.74) is 5.54. The molecule has 19 heavy (non-hydrogen) atoms. The molecule has 1 amide bonds. The Bertz CT molecular complexity index is 596. The molecule has 2 rings (SSSR count). The summed E-state index contributed by atoms with van der Waals surface area (Å²) in [6.07, 6.45) is 0. The van der Waals surface area contributed by atoms with Crippen LogP contribution < -0.4 is 11.1 Å². The van der Waals surface area contributed by atoms with Gasteiger partial charge in [-0.15, -0.1) is 0 Å². The Morgan fingerprint density at radius 2 is 1.95 bits per heavy atom. The summed E-state index contributed by atoms with van der Waals surface area (Å²) < 4.78 is 4.28. The molecular formula is C11H10N4O4. The van der Waals surface area contributed by atoms with E-state index in [-0.39, 0.29) is 11.5 Å². The number of carbonyl (C=O) groups is 2. The molecule has 0 radical (unpaired) electrons. The standard InChI is InChI=1S/C11H10N4O4/c12-9-8(14-19-15-9)10(16)13-7(11(17)18)6-4-2-1-3-5-6/h1-5,7H,(H2,12,15)(H,13,16)(H,17,18)/t7-/m1/s1. The van der Waals surface area contributed by atoms with Crippen molar-refractivity contribution in [2.24, 2.45) is 0 Å². The van der Waals surface area contributed by atoms with Crippen LogP contribution in [0.4, 0.5) is 5.82 Å². The number of benzene rings is 1. The summed E-state index contributed by atoms with van der Waals surface area (Å²) in [7, 11) is 0. The Hall–Kier alpha value is -2.90. The summed E-state index contributed by atoms with van der Waals surface area (Å²) in [4.78, 5) is 23.0. The first-order valence-corrected chi connectivity index (χ1v) is 5.26. The summed E-state index contributed by atoms with van der Waals surface area (Å²) in [5.74, 6) is -2.17. The third kappa shape index (κ3) is 2.68. The lowest BCUT2D eigenvalue weighted by atomic mass is 10.1. The number of carbonyl (C=O) groups excluding carboxylic acids is 1. The SMILES string of the molecule is Nc1nonc1C(=O)N[C@@H](C(=O)O)c1ccccc1. The van der Waals surface area contributed by atoms with Gasteiger partial charge in [0.2, 0.25) is 11.5 Å². The van der Waals surface area contributed by atoms with E-state index in [0.29, 0.717) is 5.56 Å². The maximum Gasteiger partial charge on any atom is 0.330 e. The van der Waals surface area contributed by atoms with E-state index >= 15 is 0 Å². The smallest absolute Gasteiger partial charge is 0.330 e. The second kappa shape index (κ2) is 5.17. The fourth-order valence-corrected chi connectivity index (χ4v) is 1.49. The summed E-state index contributed by atoms with van der Waals surface area (Å²) in [6.45, 7) is 0. The Balaban J connectivity index is 2.21. The number of nitrogens with two attached hydrogens (primary N) is 1. The predicted octanol–water partition coefficient (Wildman–Crippen LogP) is 0.207. The third-order valence-electron chi connectivity index (χ3n) is 2.38. The molecule has 0 aliphatic heterocycles. The lowest BCUT2D eigenvalue weighted by Gasteiger charge is -2.13. The van der Waals surface area contributed by atoms with Crippen LogP contribution in [0.1, 0.15) is 22.1 Å². The zero-order valence-electron chi connectivity index (χ0n) is 9.61. The van der Waals surface area contributed by atoms with Crippen molar-refractivity contribution in [2.75, 3.05) is 5.73 Å². The maximum atomic E-state index is 11.8. The minimum absolute atomic E-state index is 0.199. The molecule has 1 atom stereocenters. The lowest BCUT2D eigenvalue weighted by Crippen LogP contribution is -2.34. The number of hydrogen-bond donors (Lipinski definition) is 3. The molecule has 0 aliphatic carbocycles. The number of carboxylic acid groups (broad SMARTS) is 1. The van der Waals surface area contributed by atoms with Gasteiger partial charge in [0.15, 0.2) is 6.04 Å². The number of aromatic nitrogens is 2. The average Bonchev–Trinajstić information content (AvgIpc) is 2.82. The van der Waals surface area contributed by atoms with Crippen LogP contribution in [-0.4, -0.2) is 27.3 Å². The Morgan fingerprint density at radius 3 is 2.47 bits per heavy atom. The van der Waals surface area contributed by atoms with E-state index in [2.05, 4.69) is 20.3 Å². The molecule has 0 fully saturated rings. The average molecular weight is 262 g/mol. The number of hydrogen-bond acceptors (Lipinski definition) is 6. The molecule has 8 nitrogen and oxygen atoms in total. The van der Waals surface area contributed by atoms with Gasteiger partial charge >= 0.3 is 5.97 Å². The van der Waals surface area contributed by atoms with Crippen LogP contribution in [0.25, 0.3) is 0 Å². The fraction of sp³-hybridized carbons (Fsp3) is 0.0909. The summed E-state index contributed by atoms with van der Waals surface area (Å²) in [6, 6.07) is 7.05. The van der Waals surface area contributed by atoms with Gasteiger partial charge in [-0.25, -0.2) is 9.42 Å². The molecule has 4 N–H and O–H groups in total. The first kappa shape index (κ1) is 12.6. The van der Waals surface area contributed by atoms with Gasteiger partial charge in [-0.2, -0.15) is 0 Å². The summed E-state index contributed by atoms with van der Waals surface area (Å²) >= 11 is 0. The molecule has 1 heterocycles. The van der Waals surface area contributed by atoms with E-state index in [4.69, 9.17) is 10.8 Å². The predicted molar refractivity (Wildman–Crippen MR) is 63.0 cm³/mol. The van der Waals surface area contributed by atoms with Crippen molar-refractivity contribution < 1.29 is 19.3 Å². The van der Waals surface area contributed by atoms with Gasteiger partial charge in [-0.05, 0) is 15.9 Å². The molecule has 0 aliphatic rings. The number of carboxylic acids is 1. The third-order valence-corrected chi connectivity index (χ3v) is 2.38. The van der Waals surface area contributed by atoms with Crippen molar-refractivity contribution in [3.05, 3.63) is 41.6 Å². The van der Waals surface area contributed by atoms with Crippen LogP contribution in [0.3, 0.4) is 0 Å². The highest BCUT2D eigenvalue weighted by molar-refractivity contribution is 5.98. The van der Waals surface area contributed by atoms with Crippen LogP contribution >= 0.6 is 0 Å². The molecule has 0 unspecified atom stereocenters. The van der Waals surface area contributed by atoms with E-state index in [1.54, 1.807) is 30.3 Å². The number of aliphatic carboxylic acids is 1. The van der Waals surface area contributed by atoms with Gasteiger partial charge in [-0.1, -0.05) is 30.3 Å². The molecule has 0 saturated heterocycles. The molecule has 2 aromatic rings. The minimum Gasteiger partial charge on any atom is -0.479 e. The zero-order chi connectivity index (χ0) is 13.8. The minimum atomic E-state index is -1.20. The number of rotatable bonds is 4. The van der Waals surface area contributed by atoms with Crippen molar-refractivity contribution in [2.45, 2.75) is 6.04 Å². The maximum absolute atomic E-state index is 11.8. The highest BCUT2D eigenvalue weighted by Crippen LogP contribution is 2.14. The number of nitrogens with zero attached hydrogens (tertiary/aromatic N) is 2. The monoisotopic (exact) mass is 262 g/mol. The number of nitrogens with one attached hydrogen (secondary N) is 1. The van der Waals surface area contributed by atoms with E-state index in [1.807, 2.05) is 0 Å². The topological polar surface area (TPSA) is 131 Å². The van der Waals surface area contributed by atoms with E-state index in [9.17, 15) is 9.59 Å². The van der Waals surface area contributed by atoms with Crippen LogP contribution in [-0.2, 0) is 4.79 Å². The van der Waals surface area contributed by atoms with Gasteiger partial charge in [-0.3, -0.25) is 4.79 Å². The lowest BCUT2D eigenvalue weighted by molar-refractivity contribution is -0.139. The molecule has 8 heteroatoms.